The van der Waals surface area contributed by atoms with Gasteiger partial charge in [0.25, 0.3) is 0 Å². The second-order valence-electron chi connectivity index (χ2n) is 12.8. The quantitative estimate of drug-likeness (QED) is 0.189. The summed E-state index contributed by atoms with van der Waals surface area (Å²) in [5, 5.41) is 0. The van der Waals surface area contributed by atoms with Gasteiger partial charge in [-0.15, -0.1) is 0 Å². The zero-order valence-corrected chi connectivity index (χ0v) is 25.2. The second-order valence-corrected chi connectivity index (χ2v) is 12.8. The summed E-state index contributed by atoms with van der Waals surface area (Å²) in [5.74, 6) is 2.01. The summed E-state index contributed by atoms with van der Waals surface area (Å²) >= 11 is 0. The van der Waals surface area contributed by atoms with Crippen LogP contribution in [0.15, 0.2) is 48.1 Å². The van der Waals surface area contributed by atoms with Crippen molar-refractivity contribution in [3.05, 3.63) is 59.2 Å². The lowest BCUT2D eigenvalue weighted by molar-refractivity contribution is -0.192. The first kappa shape index (κ1) is 30.1. The molecule has 1 unspecified atom stereocenters. The average Bonchev–Trinajstić information content (AvgIpc) is 3.42. The number of allylic oxidation sites excluding steroid dienone is 3. The Bertz CT molecular complexity index is 966. The van der Waals surface area contributed by atoms with Crippen LogP contribution < -0.4 is 0 Å². The molecule has 4 nitrogen and oxygen atoms in total. The first-order chi connectivity index (χ1) is 18.8. The molecule has 2 fully saturated rings. The fraction of sp³-hybridized carbons (Fsp3) is 0.686. The van der Waals surface area contributed by atoms with Crippen molar-refractivity contribution in [3.8, 4) is 0 Å². The fourth-order valence-corrected chi connectivity index (χ4v) is 7.23. The molecule has 0 bridgehead atoms. The van der Waals surface area contributed by atoms with Crippen molar-refractivity contribution in [1.82, 2.24) is 4.90 Å². The highest BCUT2D eigenvalue weighted by Crippen LogP contribution is 2.49. The number of aryl methyl sites for hydroxylation is 2. The molecule has 216 valence electrons. The third kappa shape index (κ3) is 8.54. The van der Waals surface area contributed by atoms with Crippen LogP contribution in [0.1, 0.15) is 103 Å². The van der Waals surface area contributed by atoms with E-state index in [1.807, 2.05) is 4.90 Å². The number of carbonyl (C=O) groups excluding carboxylic acids is 1. The standard InChI is InChI=1S/C35H53NO3/c1-25(2)36(26(3)4)34(37)18-9-7-15-29-22-30-24-33(39-35-19-10-11-20-38-35)31(32(30)23-29)17-8-6-14-28-16-12-13-27(5)21-28/h8,12-13,16-17,21-22,25-26,30-33,35H,6-7,9-11,14-15,18-20,23-24H2,1-5H3/b17-8+/t30-,31+,32-,33+,35?/m0/s1. The van der Waals surface area contributed by atoms with Crippen LogP contribution in [0.5, 0.6) is 0 Å². The summed E-state index contributed by atoms with van der Waals surface area (Å²) in [7, 11) is 0. The highest BCUT2D eigenvalue weighted by atomic mass is 16.7. The van der Waals surface area contributed by atoms with E-state index in [1.165, 1.54) is 24.0 Å². The molecule has 3 aliphatic rings. The summed E-state index contributed by atoms with van der Waals surface area (Å²) in [6, 6.07) is 9.41. The highest BCUT2D eigenvalue weighted by molar-refractivity contribution is 5.76. The average molecular weight is 536 g/mol. The molecular weight excluding hydrogens is 482 g/mol. The third-order valence-corrected chi connectivity index (χ3v) is 8.97. The summed E-state index contributed by atoms with van der Waals surface area (Å²) < 4.78 is 12.6. The maximum Gasteiger partial charge on any atom is 0.223 e. The summed E-state index contributed by atoms with van der Waals surface area (Å²) in [6.07, 6.45) is 19.4. The minimum atomic E-state index is -0.0250. The van der Waals surface area contributed by atoms with E-state index in [1.54, 1.807) is 5.57 Å². The van der Waals surface area contributed by atoms with Gasteiger partial charge in [-0.3, -0.25) is 4.79 Å². The van der Waals surface area contributed by atoms with Crippen LogP contribution >= 0.6 is 0 Å². The van der Waals surface area contributed by atoms with Crippen LogP contribution in [-0.2, 0) is 20.7 Å². The molecular formula is C35H53NO3. The first-order valence-corrected chi connectivity index (χ1v) is 15.8. The number of amides is 1. The lowest BCUT2D eigenvalue weighted by Gasteiger charge is -2.31. The molecule has 0 N–H and O–H groups in total. The van der Waals surface area contributed by atoms with Gasteiger partial charge in [-0.05, 0) is 116 Å². The van der Waals surface area contributed by atoms with Crippen LogP contribution in [0.4, 0.5) is 0 Å². The first-order valence-electron chi connectivity index (χ1n) is 15.8. The minimum absolute atomic E-state index is 0.0250. The van der Waals surface area contributed by atoms with Crippen molar-refractivity contribution in [1.29, 1.82) is 0 Å². The van der Waals surface area contributed by atoms with Crippen molar-refractivity contribution in [2.24, 2.45) is 17.8 Å². The number of unbranched alkanes of at least 4 members (excludes halogenated alkanes) is 1. The van der Waals surface area contributed by atoms with E-state index >= 15 is 0 Å². The maximum atomic E-state index is 12.7. The molecule has 0 spiro atoms. The molecule has 5 atom stereocenters. The molecule has 4 rings (SSSR count). The van der Waals surface area contributed by atoms with E-state index < -0.39 is 0 Å². The van der Waals surface area contributed by atoms with Gasteiger partial charge in [0.2, 0.25) is 5.91 Å². The molecule has 1 saturated carbocycles. The Kier molecular flexibility index (Phi) is 11.3. The number of hydrogen-bond donors (Lipinski definition) is 0. The van der Waals surface area contributed by atoms with Crippen molar-refractivity contribution >= 4 is 5.91 Å². The van der Waals surface area contributed by atoms with Crippen LogP contribution in [-0.4, -0.2) is 41.9 Å². The maximum absolute atomic E-state index is 12.7. The van der Waals surface area contributed by atoms with Crippen LogP contribution in [0, 0.1) is 24.7 Å². The summed E-state index contributed by atoms with van der Waals surface area (Å²) in [6.45, 7) is 11.5. The Hall–Kier alpha value is -1.91. The van der Waals surface area contributed by atoms with Crippen LogP contribution in [0.2, 0.25) is 0 Å². The van der Waals surface area contributed by atoms with Crippen molar-refractivity contribution in [2.75, 3.05) is 6.61 Å². The number of fused-ring (bicyclic) bond motifs is 1. The van der Waals surface area contributed by atoms with Gasteiger partial charge in [-0.2, -0.15) is 0 Å². The molecule has 1 saturated heterocycles. The monoisotopic (exact) mass is 535 g/mol. The van der Waals surface area contributed by atoms with Crippen molar-refractivity contribution in [3.63, 3.8) is 0 Å². The Morgan fingerprint density at radius 2 is 1.95 bits per heavy atom. The Morgan fingerprint density at radius 3 is 2.67 bits per heavy atom. The lowest BCUT2D eigenvalue weighted by atomic mass is 9.88. The number of carbonyl (C=O) groups is 1. The van der Waals surface area contributed by atoms with E-state index in [0.29, 0.717) is 30.1 Å². The summed E-state index contributed by atoms with van der Waals surface area (Å²) in [5.41, 5.74) is 4.36. The molecule has 0 radical (unpaired) electrons. The lowest BCUT2D eigenvalue weighted by Crippen LogP contribution is -2.41. The molecule has 1 aromatic rings. The largest absolute Gasteiger partial charge is 0.353 e. The third-order valence-electron chi connectivity index (χ3n) is 8.97. The zero-order valence-electron chi connectivity index (χ0n) is 25.2. The molecule has 39 heavy (non-hydrogen) atoms. The van der Waals surface area contributed by atoms with E-state index in [2.05, 4.69) is 77.1 Å². The summed E-state index contributed by atoms with van der Waals surface area (Å²) in [4.78, 5) is 14.8. The number of rotatable bonds is 13. The fourth-order valence-electron chi connectivity index (χ4n) is 7.23. The molecule has 0 aromatic heterocycles. The normalized spacial score (nSPS) is 26.9. The second kappa shape index (κ2) is 14.6. The van der Waals surface area contributed by atoms with Gasteiger partial charge in [-0.25, -0.2) is 0 Å². The van der Waals surface area contributed by atoms with Gasteiger partial charge in [-0.1, -0.05) is 53.6 Å². The number of benzene rings is 1. The predicted molar refractivity (Wildman–Crippen MR) is 160 cm³/mol. The van der Waals surface area contributed by atoms with Gasteiger partial charge < -0.3 is 14.4 Å². The van der Waals surface area contributed by atoms with Crippen LogP contribution in [0.3, 0.4) is 0 Å². The molecule has 1 aromatic carbocycles. The molecule has 1 heterocycles. The van der Waals surface area contributed by atoms with Crippen LogP contribution in [0.25, 0.3) is 0 Å². The topological polar surface area (TPSA) is 38.8 Å². The van der Waals surface area contributed by atoms with Gasteiger partial charge in [0.15, 0.2) is 6.29 Å². The minimum Gasteiger partial charge on any atom is -0.353 e. The zero-order chi connectivity index (χ0) is 27.8. The number of hydrogen-bond acceptors (Lipinski definition) is 3. The van der Waals surface area contributed by atoms with Gasteiger partial charge in [0.05, 0.1) is 6.10 Å². The Labute approximate surface area is 238 Å². The smallest absolute Gasteiger partial charge is 0.223 e. The van der Waals surface area contributed by atoms with E-state index in [9.17, 15) is 4.79 Å². The number of nitrogens with zero attached hydrogens (tertiary/aromatic N) is 1. The molecule has 2 aliphatic carbocycles. The van der Waals surface area contributed by atoms with Crippen molar-refractivity contribution < 1.29 is 14.3 Å². The molecule has 4 heteroatoms. The Morgan fingerprint density at radius 1 is 1.13 bits per heavy atom. The number of ether oxygens (including phenoxy) is 2. The van der Waals surface area contributed by atoms with E-state index in [-0.39, 0.29) is 24.5 Å². The van der Waals surface area contributed by atoms with E-state index in [0.717, 1.165) is 58.0 Å². The predicted octanol–water partition coefficient (Wildman–Crippen LogP) is 8.18. The van der Waals surface area contributed by atoms with Crippen molar-refractivity contribution in [2.45, 2.75) is 130 Å². The highest BCUT2D eigenvalue weighted by Gasteiger charge is 2.45. The van der Waals surface area contributed by atoms with Gasteiger partial charge >= 0.3 is 0 Å². The van der Waals surface area contributed by atoms with Gasteiger partial charge in [0.1, 0.15) is 0 Å². The molecule has 1 amide bonds. The molecule has 1 aliphatic heterocycles. The SMILES string of the molecule is Cc1cccc(CC/C=C/[C@@H]2[C@H]3CC(CCCCC(=O)N(C(C)C)C(C)C)=C[C@H]3C[C@H]2OC2CCCCO2)c1. The Balaban J connectivity index is 1.30. The van der Waals surface area contributed by atoms with Gasteiger partial charge in [0, 0.05) is 31.0 Å². The van der Waals surface area contributed by atoms with E-state index in [4.69, 9.17) is 9.47 Å².